The highest BCUT2D eigenvalue weighted by molar-refractivity contribution is 5.73. The fraction of sp³-hybridized carbons (Fsp3) is 0.909. The molecule has 3 rings (SSSR count). The summed E-state index contributed by atoms with van der Waals surface area (Å²) in [5, 5.41) is 9.34. The van der Waals surface area contributed by atoms with E-state index in [9.17, 15) is 14.7 Å². The second kappa shape index (κ2) is 11.4. The Labute approximate surface area is 186 Å². The van der Waals surface area contributed by atoms with E-state index in [0.717, 1.165) is 78.4 Å². The van der Waals surface area contributed by atoms with Crippen molar-refractivity contribution in [2.24, 2.45) is 0 Å². The highest BCUT2D eigenvalue weighted by atomic mass is 16.6. The molecular weight excluding hydrogens is 398 g/mol. The van der Waals surface area contributed by atoms with Crippen LogP contribution in [0.1, 0.15) is 33.6 Å². The summed E-state index contributed by atoms with van der Waals surface area (Å²) in [5.41, 5.74) is 0. The van der Waals surface area contributed by atoms with Gasteiger partial charge in [-0.3, -0.25) is 19.5 Å². The molecule has 0 radical (unpaired) electrons. The second-order valence-corrected chi connectivity index (χ2v) is 9.38. The Balaban J connectivity index is 1.32. The maximum Gasteiger partial charge on any atom is 0.410 e. The Morgan fingerprint density at radius 1 is 1.00 bits per heavy atom. The van der Waals surface area contributed by atoms with Crippen LogP contribution in [0.5, 0.6) is 0 Å². The van der Waals surface area contributed by atoms with Crippen LogP contribution in [-0.4, -0.2) is 138 Å². The van der Waals surface area contributed by atoms with E-state index in [2.05, 4.69) is 28.5 Å². The highest BCUT2D eigenvalue weighted by Gasteiger charge is 2.34. The number of carboxylic acids is 1. The van der Waals surface area contributed by atoms with Gasteiger partial charge < -0.3 is 19.6 Å². The largest absolute Gasteiger partial charge is 0.480 e. The quantitative estimate of drug-likeness (QED) is 0.533. The molecule has 3 fully saturated rings. The van der Waals surface area contributed by atoms with Crippen molar-refractivity contribution in [2.75, 3.05) is 78.5 Å². The second-order valence-electron chi connectivity index (χ2n) is 9.38. The number of carbonyl (C=O) groups excluding carboxylic acids is 1. The number of rotatable bonds is 10. The summed E-state index contributed by atoms with van der Waals surface area (Å²) >= 11 is 0. The molecule has 0 saturated carbocycles. The molecule has 9 nitrogen and oxygen atoms in total. The van der Waals surface area contributed by atoms with Crippen molar-refractivity contribution in [2.45, 2.75) is 51.8 Å². The predicted molar refractivity (Wildman–Crippen MR) is 119 cm³/mol. The first-order valence-corrected chi connectivity index (χ1v) is 12.0. The first-order valence-electron chi connectivity index (χ1n) is 12.0. The molecule has 9 heteroatoms. The van der Waals surface area contributed by atoms with E-state index in [0.29, 0.717) is 19.0 Å². The minimum Gasteiger partial charge on any atom is -0.480 e. The summed E-state index contributed by atoms with van der Waals surface area (Å²) in [4.78, 5) is 34.8. The SMILES string of the molecule is CCC(C(=O)O)N1CCN(CC2CN(CCCN3CCN(C(C)C)CC3)C(=O)O2)CC1. The topological polar surface area (TPSA) is 79.8 Å². The number of aliphatic carboxylic acids is 1. The maximum absolute atomic E-state index is 12.3. The van der Waals surface area contributed by atoms with Crippen molar-refractivity contribution >= 4 is 12.1 Å². The molecule has 178 valence electrons. The molecule has 1 N–H and O–H groups in total. The van der Waals surface area contributed by atoms with Gasteiger partial charge in [0.2, 0.25) is 0 Å². The molecule has 0 spiro atoms. The van der Waals surface area contributed by atoms with Crippen molar-refractivity contribution in [1.82, 2.24) is 24.5 Å². The lowest BCUT2D eigenvalue weighted by Crippen LogP contribution is -2.53. The number of amides is 1. The van der Waals surface area contributed by atoms with Crippen molar-refractivity contribution < 1.29 is 19.4 Å². The Hall–Kier alpha value is -1.42. The van der Waals surface area contributed by atoms with E-state index >= 15 is 0 Å². The van der Waals surface area contributed by atoms with Gasteiger partial charge in [-0.1, -0.05) is 6.92 Å². The van der Waals surface area contributed by atoms with Gasteiger partial charge in [0.05, 0.1) is 6.54 Å². The number of ether oxygens (including phenoxy) is 1. The van der Waals surface area contributed by atoms with Gasteiger partial charge in [0, 0.05) is 71.5 Å². The first kappa shape index (κ1) is 24.2. The number of piperazine rings is 2. The third-order valence-corrected chi connectivity index (χ3v) is 6.97. The number of cyclic esters (lactones) is 1. The lowest BCUT2D eigenvalue weighted by Gasteiger charge is -2.38. The van der Waals surface area contributed by atoms with Gasteiger partial charge in [-0.2, -0.15) is 0 Å². The predicted octanol–water partition coefficient (Wildman–Crippen LogP) is 0.704. The average molecular weight is 440 g/mol. The molecule has 0 aliphatic carbocycles. The van der Waals surface area contributed by atoms with Crippen LogP contribution in [0.15, 0.2) is 0 Å². The van der Waals surface area contributed by atoms with Crippen LogP contribution in [0.2, 0.25) is 0 Å². The van der Waals surface area contributed by atoms with E-state index in [-0.39, 0.29) is 12.2 Å². The molecule has 31 heavy (non-hydrogen) atoms. The smallest absolute Gasteiger partial charge is 0.410 e. The van der Waals surface area contributed by atoms with Gasteiger partial charge >= 0.3 is 12.1 Å². The third kappa shape index (κ3) is 6.78. The van der Waals surface area contributed by atoms with Crippen LogP contribution in [0, 0.1) is 0 Å². The van der Waals surface area contributed by atoms with E-state index in [1.807, 2.05) is 16.7 Å². The molecule has 3 aliphatic heterocycles. The maximum atomic E-state index is 12.3. The molecule has 3 saturated heterocycles. The summed E-state index contributed by atoms with van der Waals surface area (Å²) < 4.78 is 5.61. The van der Waals surface area contributed by atoms with Crippen LogP contribution in [0.25, 0.3) is 0 Å². The van der Waals surface area contributed by atoms with Gasteiger partial charge in [-0.05, 0) is 33.2 Å². The van der Waals surface area contributed by atoms with Gasteiger partial charge in [0.25, 0.3) is 0 Å². The molecule has 2 unspecified atom stereocenters. The monoisotopic (exact) mass is 439 g/mol. The minimum atomic E-state index is -0.738. The summed E-state index contributed by atoms with van der Waals surface area (Å²) in [7, 11) is 0. The fourth-order valence-corrected chi connectivity index (χ4v) is 4.98. The number of hydrogen-bond acceptors (Lipinski definition) is 7. The van der Waals surface area contributed by atoms with E-state index in [4.69, 9.17) is 4.74 Å². The molecule has 0 aromatic carbocycles. The number of nitrogens with zero attached hydrogens (tertiary/aromatic N) is 5. The van der Waals surface area contributed by atoms with Crippen molar-refractivity contribution in [1.29, 1.82) is 0 Å². The summed E-state index contributed by atoms with van der Waals surface area (Å²) in [5.74, 6) is -0.738. The fourth-order valence-electron chi connectivity index (χ4n) is 4.98. The number of hydrogen-bond donors (Lipinski definition) is 1. The zero-order chi connectivity index (χ0) is 22.4. The van der Waals surface area contributed by atoms with Crippen LogP contribution in [0.4, 0.5) is 4.79 Å². The molecule has 0 aromatic heterocycles. The molecular formula is C22H41N5O4. The van der Waals surface area contributed by atoms with Crippen molar-refractivity contribution in [3.63, 3.8) is 0 Å². The summed E-state index contributed by atoms with van der Waals surface area (Å²) in [6, 6.07) is 0.224. The number of carboxylic acid groups (broad SMARTS) is 1. The Bertz CT molecular complexity index is 588. The van der Waals surface area contributed by atoms with Crippen molar-refractivity contribution in [3.8, 4) is 0 Å². The molecule has 1 amide bonds. The Morgan fingerprint density at radius 3 is 2.19 bits per heavy atom. The third-order valence-electron chi connectivity index (χ3n) is 6.97. The Kier molecular flexibility index (Phi) is 8.95. The lowest BCUT2D eigenvalue weighted by molar-refractivity contribution is -0.144. The minimum absolute atomic E-state index is 0.0879. The van der Waals surface area contributed by atoms with Gasteiger partial charge in [-0.25, -0.2) is 4.79 Å². The lowest BCUT2D eigenvalue weighted by atomic mass is 10.1. The van der Waals surface area contributed by atoms with Gasteiger partial charge in [-0.15, -0.1) is 0 Å². The van der Waals surface area contributed by atoms with Crippen LogP contribution < -0.4 is 0 Å². The summed E-state index contributed by atoms with van der Waals surface area (Å²) in [6.07, 6.45) is 1.33. The molecule has 3 aliphatic rings. The average Bonchev–Trinajstić information content (AvgIpc) is 3.09. The zero-order valence-corrected chi connectivity index (χ0v) is 19.5. The highest BCUT2D eigenvalue weighted by Crippen LogP contribution is 2.16. The van der Waals surface area contributed by atoms with Gasteiger partial charge in [0.15, 0.2) is 0 Å². The molecule has 0 bridgehead atoms. The van der Waals surface area contributed by atoms with Gasteiger partial charge in [0.1, 0.15) is 12.1 Å². The molecule has 2 atom stereocenters. The molecule has 3 heterocycles. The summed E-state index contributed by atoms with van der Waals surface area (Å²) in [6.45, 7) is 17.2. The Morgan fingerprint density at radius 2 is 1.61 bits per heavy atom. The van der Waals surface area contributed by atoms with Crippen LogP contribution in [0.3, 0.4) is 0 Å². The van der Waals surface area contributed by atoms with Crippen molar-refractivity contribution in [3.05, 3.63) is 0 Å². The first-order chi connectivity index (χ1) is 14.9. The van der Waals surface area contributed by atoms with E-state index in [1.54, 1.807) is 0 Å². The zero-order valence-electron chi connectivity index (χ0n) is 19.5. The van der Waals surface area contributed by atoms with E-state index < -0.39 is 12.0 Å². The normalized spacial score (nSPS) is 25.9. The van der Waals surface area contributed by atoms with Crippen LogP contribution in [-0.2, 0) is 9.53 Å². The molecule has 0 aromatic rings. The van der Waals surface area contributed by atoms with E-state index in [1.165, 1.54) is 0 Å². The standard InChI is InChI=1S/C22H41N5O4/c1-4-20(21(28)29)26-14-10-24(11-15-26)16-19-17-27(22(30)31-19)7-5-6-23-8-12-25(13-9-23)18(2)3/h18-20H,4-17H2,1-3H3,(H,28,29). The number of carbonyl (C=O) groups is 2. The van der Waals surface area contributed by atoms with Crippen LogP contribution >= 0.6 is 0 Å².